The van der Waals surface area contributed by atoms with Gasteiger partial charge in [-0.25, -0.2) is 4.39 Å². The van der Waals surface area contributed by atoms with Crippen LogP contribution in [0.25, 0.3) is 0 Å². The molecule has 1 rings (SSSR count). The molecular weight excluding hydrogens is 167 g/mol. The van der Waals surface area contributed by atoms with Crippen LogP contribution in [0.5, 0.6) is 0 Å². The van der Waals surface area contributed by atoms with E-state index in [9.17, 15) is 17.6 Å². The van der Waals surface area contributed by atoms with Gasteiger partial charge < -0.3 is 0 Å². The maximum atomic E-state index is 12.1. The Kier molecular flexibility index (Phi) is 3.82. The fourth-order valence-electron chi connectivity index (χ4n) is 0.582. The Bertz CT molecular complexity index is 239. The molecule has 0 heterocycles. The summed E-state index contributed by atoms with van der Waals surface area (Å²) in [5, 5.41) is 0. The van der Waals surface area contributed by atoms with Gasteiger partial charge in [0.25, 0.3) is 0 Å². The van der Waals surface area contributed by atoms with E-state index in [4.69, 9.17) is 0 Å². The molecule has 0 N–H and O–H groups in total. The summed E-state index contributed by atoms with van der Waals surface area (Å²) in [6, 6.07) is 3.80. The van der Waals surface area contributed by atoms with Gasteiger partial charge in [0.05, 0.1) is 0 Å². The fourth-order valence-corrected chi connectivity index (χ4v) is 0.582. The molecule has 0 bridgehead atoms. The number of benzene rings is 1. The van der Waals surface area contributed by atoms with Gasteiger partial charge in [-0.05, 0) is 0 Å². The molecule has 0 aromatic heterocycles. The molecule has 0 amide bonds. The Hall–Kier alpha value is -0.463. The van der Waals surface area contributed by atoms with E-state index >= 15 is 0 Å². The summed E-state index contributed by atoms with van der Waals surface area (Å²) in [4.78, 5) is 0. The van der Waals surface area contributed by atoms with Crippen LogP contribution in [0.1, 0.15) is 5.56 Å². The maximum Gasteiger partial charge on any atom is 1.00 e. The minimum absolute atomic E-state index is 0. The number of hydrogen-bond acceptors (Lipinski definition) is 0. The average Bonchev–Trinajstić information content (AvgIpc) is 1.86. The van der Waals surface area contributed by atoms with Crippen LogP contribution >= 0.6 is 0 Å². The van der Waals surface area contributed by atoms with Crippen LogP contribution in [0.2, 0.25) is 0 Å². The van der Waals surface area contributed by atoms with Crippen molar-refractivity contribution in [2.24, 2.45) is 0 Å². The Morgan fingerprint density at radius 1 is 1.17 bits per heavy atom. The first-order chi connectivity index (χ1) is 5.00. The van der Waals surface area contributed by atoms with Gasteiger partial charge in [-0.1, -0.05) is 5.56 Å². The zero-order chi connectivity index (χ0) is 8.48. The SMILES string of the molecule is Fc1[c-]cc(C(F)(F)F)cc1.[Li+]. The van der Waals surface area contributed by atoms with E-state index in [2.05, 4.69) is 0 Å². The van der Waals surface area contributed by atoms with Crippen LogP contribution in [0.3, 0.4) is 0 Å². The average molecular weight is 170 g/mol. The maximum absolute atomic E-state index is 12.1. The van der Waals surface area contributed by atoms with E-state index in [1.807, 2.05) is 6.07 Å². The Labute approximate surface area is 78.8 Å². The van der Waals surface area contributed by atoms with Gasteiger partial charge in [-0.15, -0.1) is 12.1 Å². The first-order valence-corrected chi connectivity index (χ1v) is 2.74. The predicted molar refractivity (Wildman–Crippen MR) is 30.2 cm³/mol. The number of hydrogen-bond donors (Lipinski definition) is 0. The molecule has 0 saturated carbocycles. The fraction of sp³-hybridized carbons (Fsp3) is 0.143. The molecule has 0 radical (unpaired) electrons. The van der Waals surface area contributed by atoms with Crippen molar-refractivity contribution in [3.05, 3.63) is 35.6 Å². The molecule has 0 nitrogen and oxygen atoms in total. The molecule has 12 heavy (non-hydrogen) atoms. The summed E-state index contributed by atoms with van der Waals surface area (Å²) in [6.45, 7) is 0. The van der Waals surface area contributed by atoms with Crippen molar-refractivity contribution in [2.45, 2.75) is 6.18 Å². The van der Waals surface area contributed by atoms with Crippen molar-refractivity contribution >= 4 is 0 Å². The predicted octanol–water partition coefficient (Wildman–Crippen LogP) is -0.351. The molecule has 0 unspecified atom stereocenters. The van der Waals surface area contributed by atoms with Crippen molar-refractivity contribution in [1.82, 2.24) is 0 Å². The Morgan fingerprint density at radius 2 is 1.75 bits per heavy atom. The number of rotatable bonds is 0. The molecule has 0 fully saturated rings. The molecule has 0 aliphatic carbocycles. The zero-order valence-corrected chi connectivity index (χ0v) is 6.24. The van der Waals surface area contributed by atoms with Crippen LogP contribution in [-0.4, -0.2) is 0 Å². The summed E-state index contributed by atoms with van der Waals surface area (Å²) < 4.78 is 47.4. The Balaban J connectivity index is 0.00000121. The molecule has 0 saturated heterocycles. The van der Waals surface area contributed by atoms with E-state index in [-0.39, 0.29) is 18.9 Å². The Morgan fingerprint density at radius 3 is 2.08 bits per heavy atom. The summed E-state index contributed by atoms with van der Waals surface area (Å²) in [5.74, 6) is -0.794. The third-order valence-electron chi connectivity index (χ3n) is 1.10. The van der Waals surface area contributed by atoms with E-state index < -0.39 is 17.6 Å². The van der Waals surface area contributed by atoms with Crippen molar-refractivity contribution in [2.75, 3.05) is 0 Å². The monoisotopic (exact) mass is 170 g/mol. The van der Waals surface area contributed by atoms with Crippen LogP contribution in [-0.2, 0) is 6.18 Å². The van der Waals surface area contributed by atoms with Gasteiger partial charge in [0.2, 0.25) is 0 Å². The minimum atomic E-state index is -4.41. The van der Waals surface area contributed by atoms with Gasteiger partial charge in [0.1, 0.15) is 0 Å². The normalized spacial score (nSPS) is 10.7. The quantitative estimate of drug-likeness (QED) is 0.283. The van der Waals surface area contributed by atoms with Crippen molar-refractivity contribution in [3.8, 4) is 0 Å². The topological polar surface area (TPSA) is 0 Å². The van der Waals surface area contributed by atoms with E-state index in [1.165, 1.54) is 0 Å². The first kappa shape index (κ1) is 11.5. The third kappa shape index (κ3) is 2.88. The van der Waals surface area contributed by atoms with E-state index in [0.717, 1.165) is 6.07 Å². The second-order valence-electron chi connectivity index (χ2n) is 1.92. The first-order valence-electron chi connectivity index (χ1n) is 2.74. The van der Waals surface area contributed by atoms with Crippen molar-refractivity contribution in [1.29, 1.82) is 0 Å². The minimum Gasteiger partial charge on any atom is -0.236 e. The van der Waals surface area contributed by atoms with Crippen LogP contribution in [0.4, 0.5) is 17.6 Å². The molecule has 1 aromatic rings. The van der Waals surface area contributed by atoms with Gasteiger partial charge in [0.15, 0.2) is 0 Å². The largest absolute Gasteiger partial charge is 1.00 e. The molecule has 5 heteroatoms. The molecule has 1 aromatic carbocycles. The smallest absolute Gasteiger partial charge is 0.236 e. The molecule has 0 spiro atoms. The third-order valence-corrected chi connectivity index (χ3v) is 1.10. The number of alkyl halides is 3. The van der Waals surface area contributed by atoms with Crippen LogP contribution in [0, 0.1) is 11.9 Å². The summed E-state index contributed by atoms with van der Waals surface area (Å²) in [6.07, 6.45) is -4.41. The molecule has 0 atom stereocenters. The van der Waals surface area contributed by atoms with Crippen molar-refractivity contribution in [3.63, 3.8) is 0 Å². The second-order valence-corrected chi connectivity index (χ2v) is 1.92. The van der Waals surface area contributed by atoms with Crippen LogP contribution in [0.15, 0.2) is 18.2 Å². The van der Waals surface area contributed by atoms with Crippen LogP contribution < -0.4 is 18.9 Å². The summed E-state index contributed by atoms with van der Waals surface area (Å²) >= 11 is 0. The van der Waals surface area contributed by atoms with Crippen molar-refractivity contribution < 1.29 is 36.4 Å². The van der Waals surface area contributed by atoms with Gasteiger partial charge in [-0.2, -0.15) is 25.3 Å². The molecular formula is C7H3F4Li. The molecule has 0 aliphatic heterocycles. The van der Waals surface area contributed by atoms with Gasteiger partial charge in [0, 0.05) is 5.82 Å². The second kappa shape index (κ2) is 3.97. The van der Waals surface area contributed by atoms with Gasteiger partial charge in [-0.3, -0.25) is 0 Å². The van der Waals surface area contributed by atoms with E-state index in [1.54, 1.807) is 0 Å². The summed E-state index contributed by atoms with van der Waals surface area (Å²) in [7, 11) is 0. The van der Waals surface area contributed by atoms with E-state index in [0.29, 0.717) is 12.1 Å². The standard InChI is InChI=1S/C7H3F4.Li/c8-6-3-1-5(2-4-6)7(9,10)11;/h1-3H;/q-1;+1. The molecule has 0 aliphatic rings. The zero-order valence-electron chi connectivity index (χ0n) is 6.24. The molecule has 60 valence electrons. The number of halogens is 4. The van der Waals surface area contributed by atoms with Gasteiger partial charge >= 0.3 is 25.0 Å². The summed E-state index contributed by atoms with van der Waals surface area (Å²) in [5.41, 5.74) is -0.890.